The largest absolute Gasteiger partial charge is 0.381 e. The van der Waals surface area contributed by atoms with Crippen LogP contribution in [0.2, 0.25) is 0 Å². The monoisotopic (exact) mass is 280 g/mol. The van der Waals surface area contributed by atoms with Crippen molar-refractivity contribution in [2.24, 2.45) is 5.92 Å². The summed E-state index contributed by atoms with van der Waals surface area (Å²) in [6, 6.07) is 2.38. The summed E-state index contributed by atoms with van der Waals surface area (Å²) in [5.74, 6) is 0.772. The molecule has 2 atom stereocenters. The van der Waals surface area contributed by atoms with Crippen molar-refractivity contribution in [2.45, 2.75) is 32.0 Å². The summed E-state index contributed by atoms with van der Waals surface area (Å²) in [7, 11) is 0. The lowest BCUT2D eigenvalue weighted by Gasteiger charge is -2.37. The van der Waals surface area contributed by atoms with Gasteiger partial charge in [0, 0.05) is 19.3 Å². The number of hydrogen-bond acceptors (Lipinski definition) is 4. The van der Waals surface area contributed by atoms with Gasteiger partial charge < -0.3 is 9.64 Å². The van der Waals surface area contributed by atoms with Crippen LogP contribution in [0.5, 0.6) is 0 Å². The van der Waals surface area contributed by atoms with Crippen molar-refractivity contribution < 1.29 is 9.53 Å². The molecule has 2 aliphatic heterocycles. The number of nitrogens with one attached hydrogen (secondary N) is 1. The van der Waals surface area contributed by atoms with Crippen molar-refractivity contribution in [1.82, 2.24) is 10.2 Å². The van der Waals surface area contributed by atoms with Crippen LogP contribution in [-0.4, -0.2) is 36.6 Å². The molecule has 0 spiro atoms. The summed E-state index contributed by atoms with van der Waals surface area (Å²) >= 11 is 1.68. The predicted molar refractivity (Wildman–Crippen MR) is 74.9 cm³/mol. The maximum atomic E-state index is 12.2. The van der Waals surface area contributed by atoms with E-state index in [0.29, 0.717) is 12.5 Å². The lowest BCUT2D eigenvalue weighted by molar-refractivity contribution is -0.132. The first-order chi connectivity index (χ1) is 9.27. The second kappa shape index (κ2) is 5.61. The van der Waals surface area contributed by atoms with Crippen LogP contribution in [0, 0.1) is 5.92 Å². The van der Waals surface area contributed by atoms with Gasteiger partial charge in [-0.15, -0.1) is 0 Å². The zero-order chi connectivity index (χ0) is 13.2. The molecule has 1 amide bonds. The average Bonchev–Trinajstić information content (AvgIpc) is 3.08. The highest BCUT2D eigenvalue weighted by Crippen LogP contribution is 2.31. The molecule has 5 heteroatoms. The van der Waals surface area contributed by atoms with Crippen molar-refractivity contribution in [3.63, 3.8) is 0 Å². The standard InChI is InChI=1S/C14H20N2O2S/c1-10(11-2-5-18-6-3-11)16-13(17)8-15-14(16)12-4-7-19-9-12/h4,7,9-11,14-15H,2-3,5-6,8H2,1H3. The molecule has 2 unspecified atom stereocenters. The first kappa shape index (κ1) is 13.1. The Morgan fingerprint density at radius 2 is 2.26 bits per heavy atom. The van der Waals surface area contributed by atoms with Crippen LogP contribution in [-0.2, 0) is 9.53 Å². The molecule has 1 aromatic rings. The van der Waals surface area contributed by atoms with Crippen LogP contribution in [0.4, 0.5) is 0 Å². The highest BCUT2D eigenvalue weighted by atomic mass is 32.1. The normalized spacial score (nSPS) is 26.9. The number of amides is 1. The van der Waals surface area contributed by atoms with Gasteiger partial charge in [-0.05, 0) is 48.1 Å². The molecule has 3 heterocycles. The molecular weight excluding hydrogens is 260 g/mol. The molecule has 0 bridgehead atoms. The van der Waals surface area contributed by atoms with E-state index in [1.54, 1.807) is 11.3 Å². The van der Waals surface area contributed by atoms with Crippen molar-refractivity contribution in [3.8, 4) is 0 Å². The van der Waals surface area contributed by atoms with Crippen LogP contribution < -0.4 is 5.32 Å². The first-order valence-electron chi connectivity index (χ1n) is 6.92. The molecule has 104 valence electrons. The molecule has 0 saturated carbocycles. The van der Waals surface area contributed by atoms with Crippen LogP contribution in [0.25, 0.3) is 0 Å². The van der Waals surface area contributed by atoms with E-state index in [0.717, 1.165) is 26.1 Å². The number of rotatable bonds is 3. The zero-order valence-corrected chi connectivity index (χ0v) is 12.0. The van der Waals surface area contributed by atoms with Crippen molar-refractivity contribution in [1.29, 1.82) is 0 Å². The van der Waals surface area contributed by atoms with Gasteiger partial charge in [-0.2, -0.15) is 11.3 Å². The number of carbonyl (C=O) groups is 1. The van der Waals surface area contributed by atoms with E-state index in [9.17, 15) is 4.79 Å². The van der Waals surface area contributed by atoms with E-state index < -0.39 is 0 Å². The Kier molecular flexibility index (Phi) is 3.86. The molecule has 2 saturated heterocycles. The summed E-state index contributed by atoms with van der Waals surface area (Å²) in [5, 5.41) is 7.52. The van der Waals surface area contributed by atoms with Gasteiger partial charge in [-0.1, -0.05) is 0 Å². The van der Waals surface area contributed by atoms with E-state index in [4.69, 9.17) is 4.74 Å². The van der Waals surface area contributed by atoms with Crippen molar-refractivity contribution >= 4 is 17.2 Å². The number of carbonyl (C=O) groups excluding carboxylic acids is 1. The molecule has 4 nitrogen and oxygen atoms in total. The Labute approximate surface area is 117 Å². The summed E-state index contributed by atoms with van der Waals surface area (Å²) in [6.07, 6.45) is 2.17. The maximum absolute atomic E-state index is 12.2. The number of ether oxygens (including phenoxy) is 1. The fraction of sp³-hybridized carbons (Fsp3) is 0.643. The minimum absolute atomic E-state index is 0.0524. The summed E-state index contributed by atoms with van der Waals surface area (Å²) < 4.78 is 5.42. The van der Waals surface area contributed by atoms with E-state index >= 15 is 0 Å². The third-order valence-electron chi connectivity index (χ3n) is 4.26. The fourth-order valence-corrected chi connectivity index (χ4v) is 3.79. The fourth-order valence-electron chi connectivity index (χ4n) is 3.11. The Morgan fingerprint density at radius 3 is 2.95 bits per heavy atom. The van der Waals surface area contributed by atoms with Gasteiger partial charge in [0.05, 0.1) is 6.54 Å². The van der Waals surface area contributed by atoms with Crippen LogP contribution in [0.3, 0.4) is 0 Å². The van der Waals surface area contributed by atoms with E-state index in [1.165, 1.54) is 5.56 Å². The molecule has 1 aromatic heterocycles. The summed E-state index contributed by atoms with van der Waals surface area (Å²) in [4.78, 5) is 14.2. The second-order valence-electron chi connectivity index (χ2n) is 5.33. The molecule has 1 N–H and O–H groups in total. The van der Waals surface area contributed by atoms with Crippen molar-refractivity contribution in [3.05, 3.63) is 22.4 Å². The Balaban J connectivity index is 1.77. The SMILES string of the molecule is CC(C1CCOCC1)N1C(=O)CNC1c1ccsc1. The van der Waals surface area contributed by atoms with E-state index in [1.807, 2.05) is 4.90 Å². The third kappa shape index (κ3) is 2.55. The van der Waals surface area contributed by atoms with E-state index in [2.05, 4.69) is 29.1 Å². The van der Waals surface area contributed by atoms with Crippen LogP contribution >= 0.6 is 11.3 Å². The maximum Gasteiger partial charge on any atom is 0.238 e. The topological polar surface area (TPSA) is 41.6 Å². The number of thiophene rings is 1. The molecule has 3 rings (SSSR count). The van der Waals surface area contributed by atoms with Gasteiger partial charge in [-0.25, -0.2) is 0 Å². The highest BCUT2D eigenvalue weighted by Gasteiger charge is 2.38. The van der Waals surface area contributed by atoms with E-state index in [-0.39, 0.29) is 18.1 Å². The lowest BCUT2D eigenvalue weighted by Crippen LogP contribution is -2.43. The van der Waals surface area contributed by atoms with Crippen LogP contribution in [0.1, 0.15) is 31.5 Å². The molecule has 2 fully saturated rings. The predicted octanol–water partition coefficient (Wildman–Crippen LogP) is 1.99. The third-order valence-corrected chi connectivity index (χ3v) is 4.96. The zero-order valence-electron chi connectivity index (χ0n) is 11.2. The number of nitrogens with zero attached hydrogens (tertiary/aromatic N) is 1. The number of hydrogen-bond donors (Lipinski definition) is 1. The van der Waals surface area contributed by atoms with Gasteiger partial charge in [0.25, 0.3) is 0 Å². The highest BCUT2D eigenvalue weighted by molar-refractivity contribution is 7.07. The first-order valence-corrected chi connectivity index (χ1v) is 7.86. The van der Waals surface area contributed by atoms with Crippen LogP contribution in [0.15, 0.2) is 16.8 Å². The molecular formula is C14H20N2O2S. The summed E-state index contributed by atoms with van der Waals surface area (Å²) in [6.45, 7) is 4.29. The second-order valence-corrected chi connectivity index (χ2v) is 6.11. The van der Waals surface area contributed by atoms with Gasteiger partial charge in [-0.3, -0.25) is 10.1 Å². The lowest BCUT2D eigenvalue weighted by atomic mass is 9.91. The van der Waals surface area contributed by atoms with Gasteiger partial charge in [0.1, 0.15) is 6.17 Å². The Morgan fingerprint density at radius 1 is 1.47 bits per heavy atom. The molecule has 19 heavy (non-hydrogen) atoms. The molecule has 0 aliphatic carbocycles. The molecule has 2 aliphatic rings. The van der Waals surface area contributed by atoms with Crippen molar-refractivity contribution in [2.75, 3.05) is 19.8 Å². The summed E-state index contributed by atoms with van der Waals surface area (Å²) in [5.41, 5.74) is 1.20. The van der Waals surface area contributed by atoms with Gasteiger partial charge >= 0.3 is 0 Å². The Bertz CT molecular complexity index is 429. The average molecular weight is 280 g/mol. The molecule has 0 radical (unpaired) electrons. The Hall–Kier alpha value is -0.910. The van der Waals surface area contributed by atoms with Gasteiger partial charge in [0.15, 0.2) is 0 Å². The smallest absolute Gasteiger partial charge is 0.238 e. The minimum atomic E-state index is 0.0524. The molecule has 0 aromatic carbocycles. The van der Waals surface area contributed by atoms with Gasteiger partial charge in [0.2, 0.25) is 5.91 Å². The minimum Gasteiger partial charge on any atom is -0.381 e. The quantitative estimate of drug-likeness (QED) is 0.920.